The van der Waals surface area contributed by atoms with Crippen molar-refractivity contribution in [2.45, 2.75) is 6.42 Å². The summed E-state index contributed by atoms with van der Waals surface area (Å²) in [6, 6.07) is 25.1. The molecule has 1 aliphatic carbocycles. The van der Waals surface area contributed by atoms with Crippen molar-refractivity contribution in [1.82, 2.24) is 0 Å². The number of benzene rings is 3. The van der Waals surface area contributed by atoms with Crippen LogP contribution in [0.2, 0.25) is 0 Å². The van der Waals surface area contributed by atoms with E-state index in [1.165, 1.54) is 0 Å². The lowest BCUT2D eigenvalue weighted by atomic mass is 9.97. The number of rotatable bonds is 4. The third kappa shape index (κ3) is 3.00. The average Bonchev–Trinajstić information content (AvgIpc) is 3.09. The first kappa shape index (κ1) is 16.2. The van der Waals surface area contributed by atoms with Gasteiger partial charge in [-0.2, -0.15) is 0 Å². The molecule has 0 unspecified atom stereocenters. The molecule has 4 rings (SSSR count). The van der Waals surface area contributed by atoms with Crippen molar-refractivity contribution in [3.05, 3.63) is 101 Å². The maximum absolute atomic E-state index is 12.9. The van der Waals surface area contributed by atoms with Crippen molar-refractivity contribution < 1.29 is 14.3 Å². The van der Waals surface area contributed by atoms with E-state index in [0.717, 1.165) is 28.0 Å². The smallest absolute Gasteiger partial charge is 0.340 e. The summed E-state index contributed by atoms with van der Waals surface area (Å²) in [7, 11) is 1.60. The van der Waals surface area contributed by atoms with Crippen LogP contribution in [0.25, 0.3) is 5.57 Å². The van der Waals surface area contributed by atoms with Gasteiger partial charge in [-0.3, -0.25) is 0 Å². The summed E-state index contributed by atoms with van der Waals surface area (Å²) < 4.78 is 10.8. The van der Waals surface area contributed by atoms with Gasteiger partial charge in [-0.1, -0.05) is 54.6 Å². The number of hydrogen-bond donors (Lipinski definition) is 0. The highest BCUT2D eigenvalue weighted by Gasteiger charge is 2.28. The molecule has 0 saturated heterocycles. The fourth-order valence-corrected chi connectivity index (χ4v) is 3.28. The van der Waals surface area contributed by atoms with Crippen LogP contribution in [0.3, 0.4) is 0 Å². The van der Waals surface area contributed by atoms with Crippen molar-refractivity contribution in [3.63, 3.8) is 0 Å². The molecule has 0 N–H and O–H groups in total. The molecule has 0 heterocycles. The predicted octanol–water partition coefficient (Wildman–Crippen LogP) is 4.66. The fourth-order valence-electron chi connectivity index (χ4n) is 3.28. The molecule has 3 heteroatoms. The van der Waals surface area contributed by atoms with Crippen LogP contribution in [0.1, 0.15) is 16.7 Å². The Morgan fingerprint density at radius 1 is 0.808 bits per heavy atom. The Hall–Kier alpha value is -3.33. The second-order valence-corrected chi connectivity index (χ2v) is 6.12. The summed E-state index contributed by atoms with van der Waals surface area (Å²) in [6.07, 6.45) is 0.579. The number of methoxy groups -OCH3 is 1. The molecule has 0 bridgehead atoms. The highest BCUT2D eigenvalue weighted by molar-refractivity contribution is 6.05. The van der Waals surface area contributed by atoms with E-state index < -0.39 is 0 Å². The van der Waals surface area contributed by atoms with E-state index in [2.05, 4.69) is 12.1 Å². The number of carbonyl (C=O) groups excluding carboxylic acids is 1. The lowest BCUT2D eigenvalue weighted by Crippen LogP contribution is -2.12. The van der Waals surface area contributed by atoms with Crippen molar-refractivity contribution in [2.24, 2.45) is 0 Å². The second kappa shape index (κ2) is 6.89. The standard InChI is InChI=1S/C23H18O3/c1-25-18-11-13-19(14-12-18)26-23(24)21-15-17-9-5-6-10-20(17)22(21)16-7-3-2-4-8-16/h2-14H,15H2,1H3. The van der Waals surface area contributed by atoms with Crippen LogP contribution in [-0.2, 0) is 11.2 Å². The molecule has 0 radical (unpaired) electrons. The van der Waals surface area contributed by atoms with E-state index in [1.54, 1.807) is 31.4 Å². The Bertz CT molecular complexity index is 970. The van der Waals surface area contributed by atoms with E-state index in [4.69, 9.17) is 9.47 Å². The maximum Gasteiger partial charge on any atom is 0.340 e. The average molecular weight is 342 g/mol. The Balaban J connectivity index is 1.71. The van der Waals surface area contributed by atoms with Crippen LogP contribution >= 0.6 is 0 Å². The minimum atomic E-state index is -0.315. The highest BCUT2D eigenvalue weighted by Crippen LogP contribution is 2.38. The molecule has 0 amide bonds. The van der Waals surface area contributed by atoms with Crippen molar-refractivity contribution in [1.29, 1.82) is 0 Å². The molecule has 0 spiro atoms. The minimum Gasteiger partial charge on any atom is -0.497 e. The lowest BCUT2D eigenvalue weighted by Gasteiger charge is -2.10. The molecule has 0 fully saturated rings. The van der Waals surface area contributed by atoms with Gasteiger partial charge in [0.05, 0.1) is 12.7 Å². The number of ether oxygens (including phenoxy) is 2. The first-order valence-corrected chi connectivity index (χ1v) is 8.49. The molecular weight excluding hydrogens is 324 g/mol. The van der Waals surface area contributed by atoms with Gasteiger partial charge in [0.1, 0.15) is 11.5 Å². The van der Waals surface area contributed by atoms with Gasteiger partial charge in [0.15, 0.2) is 0 Å². The Morgan fingerprint density at radius 3 is 2.19 bits per heavy atom. The first-order chi connectivity index (χ1) is 12.8. The third-order valence-electron chi connectivity index (χ3n) is 4.53. The Labute approximate surface area is 152 Å². The molecule has 0 saturated carbocycles. The van der Waals surface area contributed by atoms with E-state index in [1.807, 2.05) is 42.5 Å². The zero-order valence-corrected chi connectivity index (χ0v) is 14.4. The summed E-state index contributed by atoms with van der Waals surface area (Å²) in [6.45, 7) is 0. The molecule has 1 aliphatic rings. The molecule has 128 valence electrons. The number of carbonyl (C=O) groups is 1. The van der Waals surface area contributed by atoms with Crippen LogP contribution in [0, 0.1) is 0 Å². The van der Waals surface area contributed by atoms with Gasteiger partial charge < -0.3 is 9.47 Å². The van der Waals surface area contributed by atoms with Gasteiger partial charge in [-0.15, -0.1) is 0 Å². The summed E-state index contributed by atoms with van der Waals surface area (Å²) in [5.74, 6) is 0.916. The monoisotopic (exact) mass is 342 g/mol. The summed E-state index contributed by atoms with van der Waals surface area (Å²) >= 11 is 0. The molecule has 0 aliphatic heterocycles. The van der Waals surface area contributed by atoms with Crippen LogP contribution in [0.15, 0.2) is 84.4 Å². The molecular formula is C23H18O3. The zero-order chi connectivity index (χ0) is 17.9. The molecule has 0 atom stereocenters. The second-order valence-electron chi connectivity index (χ2n) is 6.12. The van der Waals surface area contributed by atoms with Crippen LogP contribution < -0.4 is 9.47 Å². The van der Waals surface area contributed by atoms with E-state index in [9.17, 15) is 4.79 Å². The zero-order valence-electron chi connectivity index (χ0n) is 14.4. The van der Waals surface area contributed by atoms with Gasteiger partial charge in [-0.05, 0) is 46.5 Å². The largest absolute Gasteiger partial charge is 0.497 e. The Kier molecular flexibility index (Phi) is 4.28. The van der Waals surface area contributed by atoms with E-state index in [-0.39, 0.29) is 5.97 Å². The summed E-state index contributed by atoms with van der Waals surface area (Å²) in [4.78, 5) is 12.9. The fraction of sp³-hybridized carbons (Fsp3) is 0.0870. The van der Waals surface area contributed by atoms with Gasteiger partial charge in [0.2, 0.25) is 0 Å². The number of esters is 1. The molecule has 3 aromatic rings. The van der Waals surface area contributed by atoms with Crippen LogP contribution in [0.5, 0.6) is 11.5 Å². The highest BCUT2D eigenvalue weighted by atomic mass is 16.5. The van der Waals surface area contributed by atoms with Crippen LogP contribution in [0.4, 0.5) is 0 Å². The lowest BCUT2D eigenvalue weighted by molar-refractivity contribution is -0.130. The number of fused-ring (bicyclic) bond motifs is 1. The van der Waals surface area contributed by atoms with Crippen LogP contribution in [-0.4, -0.2) is 13.1 Å². The Morgan fingerprint density at radius 2 is 1.46 bits per heavy atom. The van der Waals surface area contributed by atoms with Crippen molar-refractivity contribution in [3.8, 4) is 11.5 Å². The van der Waals surface area contributed by atoms with Gasteiger partial charge in [-0.25, -0.2) is 4.79 Å². The third-order valence-corrected chi connectivity index (χ3v) is 4.53. The maximum atomic E-state index is 12.9. The quantitative estimate of drug-likeness (QED) is 0.511. The van der Waals surface area contributed by atoms with E-state index in [0.29, 0.717) is 17.7 Å². The summed E-state index contributed by atoms with van der Waals surface area (Å²) in [5.41, 5.74) is 4.92. The predicted molar refractivity (Wildman–Crippen MR) is 101 cm³/mol. The summed E-state index contributed by atoms with van der Waals surface area (Å²) in [5, 5.41) is 0. The normalized spacial score (nSPS) is 12.7. The number of hydrogen-bond acceptors (Lipinski definition) is 3. The van der Waals surface area contributed by atoms with Gasteiger partial charge in [0.25, 0.3) is 0 Å². The van der Waals surface area contributed by atoms with Crippen molar-refractivity contribution >= 4 is 11.5 Å². The topological polar surface area (TPSA) is 35.5 Å². The van der Waals surface area contributed by atoms with Gasteiger partial charge in [0, 0.05) is 6.42 Å². The molecule has 26 heavy (non-hydrogen) atoms. The SMILES string of the molecule is COc1ccc(OC(=O)C2=C(c3ccccc3)c3ccccc3C2)cc1. The molecule has 3 nitrogen and oxygen atoms in total. The van der Waals surface area contributed by atoms with Gasteiger partial charge >= 0.3 is 5.97 Å². The van der Waals surface area contributed by atoms with E-state index >= 15 is 0 Å². The minimum absolute atomic E-state index is 0.315. The molecule has 3 aromatic carbocycles. The molecule has 0 aromatic heterocycles. The van der Waals surface area contributed by atoms with Crippen molar-refractivity contribution in [2.75, 3.05) is 7.11 Å². The first-order valence-electron chi connectivity index (χ1n) is 8.49.